The fraction of sp³-hybridized carbons (Fsp3) is 0.154. The molecule has 0 saturated heterocycles. The molecule has 1 aromatic carbocycles. The topological polar surface area (TPSA) is 76.5 Å². The van der Waals surface area contributed by atoms with Gasteiger partial charge in [0.15, 0.2) is 9.84 Å². The maximum Gasteiger partial charge on any atom is 0.219 e. The lowest BCUT2D eigenvalue weighted by Gasteiger charge is -2.07. The molecule has 0 bridgehead atoms. The summed E-state index contributed by atoms with van der Waals surface area (Å²) in [6.07, 6.45) is 2.52. The SMILES string of the molecule is CS(=O)(=O)c1ccc(Oc2cc(CO)c(Cl)cn2)cc1. The molecule has 1 aromatic heterocycles. The predicted molar refractivity (Wildman–Crippen MR) is 74.8 cm³/mol. The first-order valence-electron chi connectivity index (χ1n) is 5.63. The van der Waals surface area contributed by atoms with Gasteiger partial charge in [-0.2, -0.15) is 0 Å². The van der Waals surface area contributed by atoms with Gasteiger partial charge in [-0.1, -0.05) is 11.6 Å². The summed E-state index contributed by atoms with van der Waals surface area (Å²) < 4.78 is 28.1. The summed E-state index contributed by atoms with van der Waals surface area (Å²) in [5.41, 5.74) is 0.504. The van der Waals surface area contributed by atoms with E-state index in [2.05, 4.69) is 4.98 Å². The molecule has 1 N–H and O–H groups in total. The molecule has 0 aliphatic carbocycles. The van der Waals surface area contributed by atoms with Gasteiger partial charge in [-0.3, -0.25) is 0 Å². The summed E-state index contributed by atoms with van der Waals surface area (Å²) >= 11 is 5.83. The number of aliphatic hydroxyl groups excluding tert-OH is 1. The van der Waals surface area contributed by atoms with Crippen molar-refractivity contribution in [2.45, 2.75) is 11.5 Å². The van der Waals surface area contributed by atoms with Crippen LogP contribution in [0, 0.1) is 0 Å². The number of ether oxygens (including phenoxy) is 1. The molecule has 2 rings (SSSR count). The number of pyridine rings is 1. The minimum atomic E-state index is -3.23. The number of benzene rings is 1. The van der Waals surface area contributed by atoms with Crippen LogP contribution in [0.4, 0.5) is 0 Å². The van der Waals surface area contributed by atoms with E-state index in [1.54, 1.807) is 0 Å². The highest BCUT2D eigenvalue weighted by molar-refractivity contribution is 7.90. The lowest BCUT2D eigenvalue weighted by molar-refractivity contribution is 0.281. The van der Waals surface area contributed by atoms with Crippen LogP contribution in [-0.2, 0) is 16.4 Å². The first kappa shape index (κ1) is 14.8. The first-order valence-corrected chi connectivity index (χ1v) is 7.90. The third kappa shape index (κ3) is 3.47. The van der Waals surface area contributed by atoms with Gasteiger partial charge in [0, 0.05) is 24.1 Å². The molecule has 20 heavy (non-hydrogen) atoms. The van der Waals surface area contributed by atoms with Gasteiger partial charge in [0.25, 0.3) is 0 Å². The Morgan fingerprint density at radius 3 is 2.50 bits per heavy atom. The third-order valence-corrected chi connectivity index (χ3v) is 4.02. The second kappa shape index (κ2) is 5.78. The van der Waals surface area contributed by atoms with Gasteiger partial charge in [0.1, 0.15) is 5.75 Å². The molecule has 0 saturated carbocycles. The van der Waals surface area contributed by atoms with Gasteiger partial charge >= 0.3 is 0 Å². The Morgan fingerprint density at radius 1 is 1.30 bits per heavy atom. The number of nitrogens with zero attached hydrogens (tertiary/aromatic N) is 1. The van der Waals surface area contributed by atoms with E-state index in [0.717, 1.165) is 6.26 Å². The summed E-state index contributed by atoms with van der Waals surface area (Å²) in [5.74, 6) is 0.710. The average molecular weight is 314 g/mol. The third-order valence-electron chi connectivity index (χ3n) is 2.55. The molecule has 5 nitrogen and oxygen atoms in total. The average Bonchev–Trinajstić information content (AvgIpc) is 2.40. The standard InChI is InChI=1S/C13H12ClNO4S/c1-20(17,18)11-4-2-10(3-5-11)19-13-6-9(8-16)12(14)7-15-13/h2-7,16H,8H2,1H3. The highest BCUT2D eigenvalue weighted by Crippen LogP contribution is 2.24. The Bertz CT molecular complexity index is 714. The lowest BCUT2D eigenvalue weighted by Crippen LogP contribution is -1.97. The van der Waals surface area contributed by atoms with Crippen LogP contribution in [0.25, 0.3) is 0 Å². The number of halogens is 1. The fourth-order valence-corrected chi connectivity index (χ4v) is 2.30. The van der Waals surface area contributed by atoms with Crippen molar-refractivity contribution < 1.29 is 18.3 Å². The number of rotatable bonds is 4. The van der Waals surface area contributed by atoms with Crippen molar-refractivity contribution in [1.82, 2.24) is 4.98 Å². The van der Waals surface area contributed by atoms with Crippen molar-refractivity contribution in [2.24, 2.45) is 0 Å². The van der Waals surface area contributed by atoms with Crippen LogP contribution in [0.3, 0.4) is 0 Å². The molecular weight excluding hydrogens is 302 g/mol. The molecule has 7 heteroatoms. The zero-order valence-corrected chi connectivity index (χ0v) is 12.1. The Labute approximate surface area is 121 Å². The largest absolute Gasteiger partial charge is 0.439 e. The molecule has 0 unspecified atom stereocenters. The van der Waals surface area contributed by atoms with E-state index in [0.29, 0.717) is 16.3 Å². The van der Waals surface area contributed by atoms with Gasteiger partial charge in [0.05, 0.1) is 16.5 Å². The number of hydrogen-bond donors (Lipinski definition) is 1. The summed E-state index contributed by atoms with van der Waals surface area (Å²) in [4.78, 5) is 4.18. The van der Waals surface area contributed by atoms with Crippen LogP contribution in [0.15, 0.2) is 41.4 Å². The Morgan fingerprint density at radius 2 is 1.95 bits per heavy atom. The smallest absolute Gasteiger partial charge is 0.219 e. The van der Waals surface area contributed by atoms with Crippen LogP contribution in [-0.4, -0.2) is 24.8 Å². The summed E-state index contributed by atoms with van der Waals surface area (Å²) in [6, 6.07) is 7.49. The van der Waals surface area contributed by atoms with Crippen molar-refractivity contribution >= 4 is 21.4 Å². The molecule has 0 atom stereocenters. The highest BCUT2D eigenvalue weighted by atomic mass is 35.5. The van der Waals surface area contributed by atoms with Crippen molar-refractivity contribution in [3.05, 3.63) is 47.1 Å². The van der Waals surface area contributed by atoms with E-state index < -0.39 is 9.84 Å². The number of aromatic nitrogens is 1. The molecule has 106 valence electrons. The molecule has 0 aliphatic heterocycles. The normalized spacial score (nSPS) is 11.3. The van der Waals surface area contributed by atoms with E-state index in [1.165, 1.54) is 36.5 Å². The first-order chi connectivity index (χ1) is 9.40. The maximum absolute atomic E-state index is 11.3. The molecule has 1 heterocycles. The summed E-state index contributed by atoms with van der Waals surface area (Å²) in [7, 11) is -3.23. The lowest BCUT2D eigenvalue weighted by atomic mass is 10.3. The second-order valence-electron chi connectivity index (χ2n) is 4.12. The second-order valence-corrected chi connectivity index (χ2v) is 6.54. The molecule has 0 radical (unpaired) electrons. The summed E-state index contributed by atoms with van der Waals surface area (Å²) in [6.45, 7) is -0.218. The van der Waals surface area contributed by atoms with Crippen LogP contribution in [0.2, 0.25) is 5.02 Å². The van der Waals surface area contributed by atoms with E-state index in [1.807, 2.05) is 0 Å². The Hall–Kier alpha value is -1.63. The van der Waals surface area contributed by atoms with E-state index in [4.69, 9.17) is 21.4 Å². The van der Waals surface area contributed by atoms with Gasteiger partial charge in [-0.05, 0) is 24.3 Å². The summed E-state index contributed by atoms with van der Waals surface area (Å²) in [5, 5.41) is 9.45. The molecular formula is C13H12ClNO4S. The van der Waals surface area contributed by atoms with E-state index in [9.17, 15) is 8.42 Å². The fourth-order valence-electron chi connectivity index (χ4n) is 1.51. The monoisotopic (exact) mass is 313 g/mol. The van der Waals surface area contributed by atoms with Crippen LogP contribution >= 0.6 is 11.6 Å². The molecule has 0 fully saturated rings. The number of hydrogen-bond acceptors (Lipinski definition) is 5. The molecule has 0 amide bonds. The predicted octanol–water partition coefficient (Wildman–Crippen LogP) is 2.42. The van der Waals surface area contributed by atoms with Gasteiger partial charge < -0.3 is 9.84 Å². The Kier molecular flexibility index (Phi) is 4.27. The minimum absolute atomic E-state index is 0.213. The van der Waals surface area contributed by atoms with Gasteiger partial charge in [-0.25, -0.2) is 13.4 Å². The van der Waals surface area contributed by atoms with Gasteiger partial charge in [-0.15, -0.1) is 0 Å². The highest BCUT2D eigenvalue weighted by Gasteiger charge is 2.08. The zero-order valence-electron chi connectivity index (χ0n) is 10.6. The number of sulfone groups is 1. The maximum atomic E-state index is 11.3. The van der Waals surface area contributed by atoms with Crippen molar-refractivity contribution in [3.63, 3.8) is 0 Å². The van der Waals surface area contributed by atoms with Crippen molar-refractivity contribution in [3.8, 4) is 11.6 Å². The van der Waals surface area contributed by atoms with Crippen molar-refractivity contribution in [1.29, 1.82) is 0 Å². The molecule has 0 aliphatic rings. The van der Waals surface area contributed by atoms with Crippen LogP contribution in [0.1, 0.15) is 5.56 Å². The van der Waals surface area contributed by atoms with E-state index in [-0.39, 0.29) is 17.4 Å². The van der Waals surface area contributed by atoms with Crippen molar-refractivity contribution in [2.75, 3.05) is 6.26 Å². The van der Waals surface area contributed by atoms with E-state index >= 15 is 0 Å². The minimum Gasteiger partial charge on any atom is -0.439 e. The quantitative estimate of drug-likeness (QED) is 0.938. The van der Waals surface area contributed by atoms with Gasteiger partial charge in [0.2, 0.25) is 5.88 Å². The zero-order chi connectivity index (χ0) is 14.8. The molecule has 0 spiro atoms. The van der Waals surface area contributed by atoms with Crippen LogP contribution in [0.5, 0.6) is 11.6 Å². The van der Waals surface area contributed by atoms with Crippen LogP contribution < -0.4 is 4.74 Å². The number of aliphatic hydroxyl groups is 1. The Balaban J connectivity index is 2.22. The molecule has 2 aromatic rings.